The number of rotatable bonds is 5. The highest BCUT2D eigenvalue weighted by atomic mass is 32.1. The Morgan fingerprint density at radius 3 is 2.62 bits per heavy atom. The van der Waals surface area contributed by atoms with Crippen LogP contribution in [0.2, 0.25) is 0 Å². The summed E-state index contributed by atoms with van der Waals surface area (Å²) < 4.78 is 5.27. The minimum atomic E-state index is -0.334. The second-order valence-electron chi connectivity index (χ2n) is 6.77. The summed E-state index contributed by atoms with van der Waals surface area (Å²) in [6.07, 6.45) is 4.07. The van der Waals surface area contributed by atoms with Crippen molar-refractivity contribution in [3.8, 4) is 0 Å². The molecule has 0 spiro atoms. The maximum Gasteiger partial charge on any atom is 0.341 e. The molecule has 26 heavy (non-hydrogen) atoms. The number of thiophene rings is 1. The number of amides is 1. The Hall–Kier alpha value is -2.14. The largest absolute Gasteiger partial charge is 0.462 e. The van der Waals surface area contributed by atoms with Gasteiger partial charge in [-0.15, -0.1) is 11.3 Å². The van der Waals surface area contributed by atoms with Crippen LogP contribution in [0, 0.1) is 12.8 Å². The molecular formula is C21H25NO3S. The van der Waals surface area contributed by atoms with Gasteiger partial charge >= 0.3 is 5.97 Å². The normalized spacial score (nSPS) is 16.0. The van der Waals surface area contributed by atoms with Crippen LogP contribution in [0.3, 0.4) is 0 Å². The summed E-state index contributed by atoms with van der Waals surface area (Å²) in [6, 6.07) is 7.42. The number of hydrogen-bond acceptors (Lipinski definition) is 4. The summed E-state index contributed by atoms with van der Waals surface area (Å²) in [5, 5.41) is 3.58. The molecule has 1 aromatic heterocycles. The highest BCUT2D eigenvalue weighted by Gasteiger charge is 2.29. The van der Waals surface area contributed by atoms with Crippen molar-refractivity contribution in [2.24, 2.45) is 5.92 Å². The monoisotopic (exact) mass is 371 g/mol. The summed E-state index contributed by atoms with van der Waals surface area (Å²) in [6.45, 7) is 6.31. The molecule has 0 saturated carbocycles. The van der Waals surface area contributed by atoms with Crippen molar-refractivity contribution in [3.05, 3.63) is 51.4 Å². The van der Waals surface area contributed by atoms with Crippen molar-refractivity contribution in [2.75, 3.05) is 11.9 Å². The Kier molecular flexibility index (Phi) is 5.77. The Morgan fingerprint density at radius 2 is 1.96 bits per heavy atom. The van der Waals surface area contributed by atoms with E-state index in [0.717, 1.165) is 36.8 Å². The molecule has 0 fully saturated rings. The quantitative estimate of drug-likeness (QED) is 0.753. The van der Waals surface area contributed by atoms with E-state index in [1.807, 2.05) is 19.1 Å². The third kappa shape index (κ3) is 3.83. The van der Waals surface area contributed by atoms with Crippen LogP contribution in [0.4, 0.5) is 5.00 Å². The molecule has 0 aliphatic heterocycles. The number of nitrogens with one attached hydrogen (secondary N) is 1. The van der Waals surface area contributed by atoms with Crippen molar-refractivity contribution in [2.45, 2.75) is 46.5 Å². The van der Waals surface area contributed by atoms with Crippen molar-refractivity contribution >= 4 is 28.2 Å². The molecule has 3 rings (SSSR count). The van der Waals surface area contributed by atoms with Crippen LogP contribution in [0.15, 0.2) is 24.3 Å². The molecule has 0 bridgehead atoms. The molecular weight excluding hydrogens is 346 g/mol. The zero-order valence-electron chi connectivity index (χ0n) is 15.6. The van der Waals surface area contributed by atoms with E-state index in [0.29, 0.717) is 28.7 Å². The summed E-state index contributed by atoms with van der Waals surface area (Å²) in [5.74, 6) is 0.122. The van der Waals surface area contributed by atoms with Gasteiger partial charge in [-0.2, -0.15) is 0 Å². The molecule has 1 aliphatic carbocycles. The molecule has 2 aromatic rings. The fourth-order valence-electron chi connectivity index (χ4n) is 3.39. The van der Waals surface area contributed by atoms with Gasteiger partial charge in [0.25, 0.3) is 5.91 Å². The second kappa shape index (κ2) is 8.04. The van der Waals surface area contributed by atoms with E-state index in [1.165, 1.54) is 16.2 Å². The number of ether oxygens (including phenoxy) is 1. The lowest BCUT2D eigenvalue weighted by Crippen LogP contribution is -2.17. The molecule has 1 N–H and O–H groups in total. The minimum Gasteiger partial charge on any atom is -0.462 e. The van der Waals surface area contributed by atoms with Crippen LogP contribution in [0.1, 0.15) is 63.4 Å². The van der Waals surface area contributed by atoms with Crippen LogP contribution < -0.4 is 5.32 Å². The van der Waals surface area contributed by atoms with Gasteiger partial charge in [0.1, 0.15) is 5.00 Å². The number of fused-ring (bicyclic) bond motifs is 1. The Balaban J connectivity index is 1.92. The zero-order chi connectivity index (χ0) is 18.7. The van der Waals surface area contributed by atoms with Crippen molar-refractivity contribution in [1.29, 1.82) is 0 Å². The molecule has 0 saturated heterocycles. The highest BCUT2D eigenvalue weighted by molar-refractivity contribution is 7.17. The number of esters is 1. The topological polar surface area (TPSA) is 55.4 Å². The SMILES string of the molecule is CCOC(=O)c1c(NC(=O)c2ccc(C)cc2)sc2c1CCC(CC)C2. The van der Waals surface area contributed by atoms with Gasteiger partial charge in [0.05, 0.1) is 12.2 Å². The molecule has 1 heterocycles. The first-order valence-electron chi connectivity index (χ1n) is 9.23. The maximum atomic E-state index is 12.6. The fraction of sp³-hybridized carbons (Fsp3) is 0.429. The fourth-order valence-corrected chi connectivity index (χ4v) is 4.74. The van der Waals surface area contributed by atoms with Crippen LogP contribution in [0.5, 0.6) is 0 Å². The highest BCUT2D eigenvalue weighted by Crippen LogP contribution is 2.41. The number of aryl methyl sites for hydroxylation is 1. The van der Waals surface area contributed by atoms with Crippen LogP contribution in [-0.2, 0) is 17.6 Å². The zero-order valence-corrected chi connectivity index (χ0v) is 16.4. The number of anilines is 1. The first-order chi connectivity index (χ1) is 12.5. The number of hydrogen-bond donors (Lipinski definition) is 1. The van der Waals surface area contributed by atoms with E-state index < -0.39 is 0 Å². The molecule has 5 heteroatoms. The lowest BCUT2D eigenvalue weighted by molar-refractivity contribution is 0.0526. The lowest BCUT2D eigenvalue weighted by Gasteiger charge is -2.20. The van der Waals surface area contributed by atoms with Gasteiger partial charge in [-0.05, 0) is 56.7 Å². The molecule has 1 aliphatic rings. The predicted octanol–water partition coefficient (Wildman–Crippen LogP) is 5.00. The van der Waals surface area contributed by atoms with E-state index in [-0.39, 0.29) is 11.9 Å². The standard InChI is InChI=1S/C21H25NO3S/c1-4-14-8-11-16-17(12-14)26-20(18(16)21(24)25-5-2)22-19(23)15-9-6-13(3)7-10-15/h6-7,9-10,14H,4-5,8,11-12H2,1-3H3,(H,22,23). The molecule has 0 radical (unpaired) electrons. The molecule has 1 amide bonds. The third-order valence-electron chi connectivity index (χ3n) is 4.97. The van der Waals surface area contributed by atoms with Gasteiger partial charge in [0, 0.05) is 10.4 Å². The van der Waals surface area contributed by atoms with Gasteiger partial charge in [-0.1, -0.05) is 31.0 Å². The maximum absolute atomic E-state index is 12.6. The average Bonchev–Trinajstić information content (AvgIpc) is 2.99. The van der Waals surface area contributed by atoms with Gasteiger partial charge < -0.3 is 10.1 Å². The first-order valence-corrected chi connectivity index (χ1v) is 10.0. The first kappa shape index (κ1) is 18.6. The molecule has 1 aromatic carbocycles. The number of benzene rings is 1. The third-order valence-corrected chi connectivity index (χ3v) is 6.13. The summed E-state index contributed by atoms with van der Waals surface area (Å²) >= 11 is 1.53. The molecule has 4 nitrogen and oxygen atoms in total. The van der Waals surface area contributed by atoms with Crippen molar-refractivity contribution in [1.82, 2.24) is 0 Å². The summed E-state index contributed by atoms with van der Waals surface area (Å²) in [7, 11) is 0. The van der Waals surface area contributed by atoms with Crippen LogP contribution in [0.25, 0.3) is 0 Å². The van der Waals surface area contributed by atoms with Gasteiger partial charge in [0.2, 0.25) is 0 Å². The predicted molar refractivity (Wildman–Crippen MR) is 105 cm³/mol. The van der Waals surface area contributed by atoms with E-state index in [1.54, 1.807) is 19.1 Å². The number of carbonyl (C=O) groups is 2. The van der Waals surface area contributed by atoms with Crippen molar-refractivity contribution < 1.29 is 14.3 Å². The lowest BCUT2D eigenvalue weighted by atomic mass is 9.85. The summed E-state index contributed by atoms with van der Waals surface area (Å²) in [4.78, 5) is 26.4. The minimum absolute atomic E-state index is 0.193. The Morgan fingerprint density at radius 1 is 1.23 bits per heavy atom. The molecule has 138 valence electrons. The average molecular weight is 372 g/mol. The van der Waals surface area contributed by atoms with Crippen LogP contribution >= 0.6 is 11.3 Å². The Labute approximate surface area is 158 Å². The molecule has 1 unspecified atom stereocenters. The smallest absolute Gasteiger partial charge is 0.341 e. The van der Waals surface area contributed by atoms with Gasteiger partial charge in [-0.3, -0.25) is 4.79 Å². The number of carbonyl (C=O) groups excluding carboxylic acids is 2. The molecule has 1 atom stereocenters. The van der Waals surface area contributed by atoms with Gasteiger partial charge in [-0.25, -0.2) is 4.79 Å². The second-order valence-corrected chi connectivity index (χ2v) is 7.87. The van der Waals surface area contributed by atoms with E-state index >= 15 is 0 Å². The Bertz CT molecular complexity index is 807. The van der Waals surface area contributed by atoms with Gasteiger partial charge in [0.15, 0.2) is 0 Å². The van der Waals surface area contributed by atoms with Crippen molar-refractivity contribution in [3.63, 3.8) is 0 Å². The van der Waals surface area contributed by atoms with E-state index in [4.69, 9.17) is 4.74 Å². The van der Waals surface area contributed by atoms with Crippen LogP contribution in [-0.4, -0.2) is 18.5 Å². The van der Waals surface area contributed by atoms with E-state index in [2.05, 4.69) is 12.2 Å². The van der Waals surface area contributed by atoms with E-state index in [9.17, 15) is 9.59 Å². The summed E-state index contributed by atoms with van der Waals surface area (Å²) in [5.41, 5.74) is 3.31.